The number of halogens is 1. The van der Waals surface area contributed by atoms with Gasteiger partial charge >= 0.3 is 0 Å². The van der Waals surface area contributed by atoms with E-state index in [0.29, 0.717) is 27.7 Å². The monoisotopic (exact) mass is 395 g/mol. The van der Waals surface area contributed by atoms with Gasteiger partial charge in [0.25, 0.3) is 0 Å². The number of fused-ring (bicyclic) bond motifs is 1. The van der Waals surface area contributed by atoms with Crippen molar-refractivity contribution in [3.63, 3.8) is 0 Å². The molecule has 1 heterocycles. The van der Waals surface area contributed by atoms with Crippen LogP contribution in [0.25, 0.3) is 0 Å². The molecule has 29 heavy (non-hydrogen) atoms. The number of nitriles is 1. The molecule has 0 aliphatic carbocycles. The Morgan fingerprint density at radius 1 is 0.931 bits per heavy atom. The zero-order valence-electron chi connectivity index (χ0n) is 15.2. The van der Waals surface area contributed by atoms with Gasteiger partial charge in [0.15, 0.2) is 0 Å². The number of amides is 1. The first-order valence-corrected chi connectivity index (χ1v) is 9.28. The van der Waals surface area contributed by atoms with Crippen LogP contribution in [0.5, 0.6) is 0 Å². The molecule has 3 aromatic carbocycles. The molecular formula is C24H14ClN3O. The van der Waals surface area contributed by atoms with Crippen LogP contribution >= 0.6 is 11.6 Å². The van der Waals surface area contributed by atoms with Crippen LogP contribution in [0.15, 0.2) is 71.7 Å². The smallest absolute Gasteiger partial charge is 0.230 e. The summed E-state index contributed by atoms with van der Waals surface area (Å²) < 4.78 is 0. The van der Waals surface area contributed by atoms with Gasteiger partial charge in [-0.3, -0.25) is 9.79 Å². The fourth-order valence-electron chi connectivity index (χ4n) is 2.96. The van der Waals surface area contributed by atoms with Crippen molar-refractivity contribution in [2.45, 2.75) is 6.42 Å². The Balaban J connectivity index is 1.68. The third-order valence-corrected chi connectivity index (χ3v) is 4.63. The van der Waals surface area contributed by atoms with Crippen molar-refractivity contribution < 1.29 is 4.79 Å². The zero-order valence-corrected chi connectivity index (χ0v) is 16.0. The van der Waals surface area contributed by atoms with Gasteiger partial charge in [0.05, 0.1) is 35.1 Å². The lowest BCUT2D eigenvalue weighted by molar-refractivity contribution is -0.115. The molecular weight excluding hydrogens is 382 g/mol. The van der Waals surface area contributed by atoms with Crippen molar-refractivity contribution >= 4 is 34.6 Å². The van der Waals surface area contributed by atoms with Crippen molar-refractivity contribution in [2.75, 3.05) is 5.32 Å². The number of rotatable bonds is 1. The second kappa shape index (κ2) is 8.02. The van der Waals surface area contributed by atoms with E-state index in [4.69, 9.17) is 16.9 Å². The van der Waals surface area contributed by atoms with E-state index in [1.54, 1.807) is 30.3 Å². The van der Waals surface area contributed by atoms with Crippen LogP contribution in [0.4, 0.5) is 11.4 Å². The highest BCUT2D eigenvalue weighted by molar-refractivity contribution is 6.30. The number of carbonyl (C=O) groups excluding carboxylic acids is 1. The molecule has 5 heteroatoms. The number of aliphatic imine (C=N–C) groups is 1. The molecule has 1 amide bonds. The lowest BCUT2D eigenvalue weighted by atomic mass is 10.0. The summed E-state index contributed by atoms with van der Waals surface area (Å²) in [5.41, 5.74) is 4.81. The average Bonchev–Trinajstić information content (AvgIpc) is 2.91. The molecule has 138 valence electrons. The fraction of sp³-hybridized carbons (Fsp3) is 0.0417. The number of hydrogen-bond acceptors (Lipinski definition) is 3. The predicted molar refractivity (Wildman–Crippen MR) is 114 cm³/mol. The number of nitrogens with zero attached hydrogens (tertiary/aromatic N) is 2. The Hall–Kier alpha value is -3.86. The minimum Gasteiger partial charge on any atom is -0.324 e. The van der Waals surface area contributed by atoms with Crippen molar-refractivity contribution in [1.82, 2.24) is 0 Å². The van der Waals surface area contributed by atoms with Crippen LogP contribution in [0.2, 0.25) is 5.02 Å². The molecule has 0 saturated heterocycles. The van der Waals surface area contributed by atoms with E-state index >= 15 is 0 Å². The SMILES string of the molecule is N#Cc1cccc(C2=Nc3ccc(C#Cc4ccc(Cl)cc4)cc3NC(=O)C2)c1. The summed E-state index contributed by atoms with van der Waals surface area (Å²) in [6.07, 6.45) is 0.134. The maximum atomic E-state index is 12.4. The first-order chi connectivity index (χ1) is 14.1. The number of carbonyl (C=O) groups is 1. The molecule has 1 aliphatic heterocycles. The molecule has 4 rings (SSSR count). The molecule has 3 aromatic rings. The zero-order chi connectivity index (χ0) is 20.2. The van der Waals surface area contributed by atoms with Gasteiger partial charge in [0.1, 0.15) is 0 Å². The summed E-state index contributed by atoms with van der Waals surface area (Å²) in [4.78, 5) is 17.1. The van der Waals surface area contributed by atoms with E-state index in [9.17, 15) is 4.79 Å². The van der Waals surface area contributed by atoms with Crippen molar-refractivity contribution in [1.29, 1.82) is 5.26 Å². The van der Waals surface area contributed by atoms with Gasteiger partial charge in [-0.25, -0.2) is 0 Å². The Kier molecular flexibility index (Phi) is 5.12. The molecule has 0 aromatic heterocycles. The highest BCUT2D eigenvalue weighted by atomic mass is 35.5. The molecule has 4 nitrogen and oxygen atoms in total. The number of benzene rings is 3. The van der Waals surface area contributed by atoms with Gasteiger partial charge < -0.3 is 5.32 Å². The maximum Gasteiger partial charge on any atom is 0.230 e. The van der Waals surface area contributed by atoms with Crippen LogP contribution in [-0.4, -0.2) is 11.6 Å². The van der Waals surface area contributed by atoms with Crippen LogP contribution in [-0.2, 0) is 4.79 Å². The summed E-state index contributed by atoms with van der Waals surface area (Å²) in [5, 5.41) is 12.7. The molecule has 0 fully saturated rings. The molecule has 0 saturated carbocycles. The molecule has 0 radical (unpaired) electrons. The Morgan fingerprint density at radius 2 is 1.69 bits per heavy atom. The molecule has 1 aliphatic rings. The van der Waals surface area contributed by atoms with Crippen molar-refractivity contribution in [2.24, 2.45) is 4.99 Å². The van der Waals surface area contributed by atoms with E-state index in [2.05, 4.69) is 28.2 Å². The minimum atomic E-state index is -0.160. The molecule has 1 N–H and O–H groups in total. The van der Waals surface area contributed by atoms with Crippen molar-refractivity contribution in [3.05, 3.63) is 94.0 Å². The minimum absolute atomic E-state index is 0.134. The highest BCUT2D eigenvalue weighted by Gasteiger charge is 2.17. The van der Waals surface area contributed by atoms with Gasteiger partial charge in [-0.2, -0.15) is 5.26 Å². The van der Waals surface area contributed by atoms with Gasteiger partial charge in [0.2, 0.25) is 5.91 Å². The topological polar surface area (TPSA) is 65.2 Å². The first kappa shape index (κ1) is 18.5. The quantitative estimate of drug-likeness (QED) is 0.584. The molecule has 0 spiro atoms. The molecule has 0 unspecified atom stereocenters. The summed E-state index contributed by atoms with van der Waals surface area (Å²) in [7, 11) is 0. The Bertz CT molecular complexity index is 1240. The molecule has 0 atom stereocenters. The van der Waals surface area contributed by atoms with Crippen LogP contribution in [0.1, 0.15) is 28.7 Å². The second-order valence-electron chi connectivity index (χ2n) is 6.46. The van der Waals surface area contributed by atoms with Gasteiger partial charge in [-0.15, -0.1) is 0 Å². The largest absolute Gasteiger partial charge is 0.324 e. The normalized spacial score (nSPS) is 12.4. The van der Waals surface area contributed by atoms with E-state index in [1.165, 1.54) is 0 Å². The van der Waals surface area contributed by atoms with Crippen LogP contribution in [0.3, 0.4) is 0 Å². The predicted octanol–water partition coefficient (Wildman–Crippen LogP) is 5.07. The Labute approximate surface area is 173 Å². The highest BCUT2D eigenvalue weighted by Crippen LogP contribution is 2.30. The standard InChI is InChI=1S/C24H14ClN3O/c25-20-9-6-16(7-10-20)4-5-17-8-11-21-23(13-17)28-24(29)14-22(27-21)19-3-1-2-18(12-19)15-26/h1-3,6-13H,14H2,(H,28,29). The van der Waals surface area contributed by atoms with Crippen molar-refractivity contribution in [3.8, 4) is 17.9 Å². The number of nitrogens with one attached hydrogen (secondary N) is 1. The first-order valence-electron chi connectivity index (χ1n) is 8.90. The number of hydrogen-bond donors (Lipinski definition) is 1. The van der Waals surface area contributed by atoms with E-state index < -0.39 is 0 Å². The lowest BCUT2D eigenvalue weighted by Gasteiger charge is -2.04. The lowest BCUT2D eigenvalue weighted by Crippen LogP contribution is -2.15. The van der Waals surface area contributed by atoms with E-state index in [-0.39, 0.29) is 12.3 Å². The Morgan fingerprint density at radius 3 is 2.48 bits per heavy atom. The van der Waals surface area contributed by atoms with Gasteiger partial charge in [-0.05, 0) is 60.2 Å². The summed E-state index contributed by atoms with van der Waals surface area (Å²) in [6, 6.07) is 22.0. The van der Waals surface area contributed by atoms with E-state index in [0.717, 1.165) is 16.7 Å². The molecule has 0 bridgehead atoms. The maximum absolute atomic E-state index is 12.4. The summed E-state index contributed by atoms with van der Waals surface area (Å²) in [6.45, 7) is 0. The third kappa shape index (κ3) is 4.35. The third-order valence-electron chi connectivity index (χ3n) is 4.37. The average molecular weight is 396 g/mol. The number of anilines is 1. The second-order valence-corrected chi connectivity index (χ2v) is 6.90. The summed E-state index contributed by atoms with van der Waals surface area (Å²) >= 11 is 5.89. The van der Waals surface area contributed by atoms with Gasteiger partial charge in [-0.1, -0.05) is 35.6 Å². The summed E-state index contributed by atoms with van der Waals surface area (Å²) in [5.74, 6) is 6.02. The van der Waals surface area contributed by atoms with Gasteiger partial charge in [0, 0.05) is 16.1 Å². The van der Waals surface area contributed by atoms with Crippen LogP contribution < -0.4 is 5.32 Å². The van der Waals surface area contributed by atoms with E-state index in [1.807, 2.05) is 36.4 Å². The fourth-order valence-corrected chi connectivity index (χ4v) is 3.08. The van der Waals surface area contributed by atoms with Crippen LogP contribution in [0, 0.1) is 23.2 Å².